The number of sulfonamides is 1. The highest BCUT2D eigenvalue weighted by atomic mass is 32.2. The van der Waals surface area contributed by atoms with Gasteiger partial charge in [-0.2, -0.15) is 0 Å². The minimum atomic E-state index is -3.49. The summed E-state index contributed by atoms with van der Waals surface area (Å²) in [5.74, 6) is -0.993. The van der Waals surface area contributed by atoms with Crippen molar-refractivity contribution in [2.45, 2.75) is 32.1 Å². The van der Waals surface area contributed by atoms with Gasteiger partial charge in [0.05, 0.1) is 11.2 Å². The van der Waals surface area contributed by atoms with Crippen molar-refractivity contribution in [2.24, 2.45) is 5.41 Å². The average Bonchev–Trinajstić information content (AvgIpc) is 2.95. The van der Waals surface area contributed by atoms with E-state index in [9.17, 15) is 18.3 Å². The number of hydrogen-bond donors (Lipinski definition) is 2. The van der Waals surface area contributed by atoms with Gasteiger partial charge in [-0.25, -0.2) is 13.1 Å². The Morgan fingerprint density at radius 3 is 2.62 bits per heavy atom. The van der Waals surface area contributed by atoms with Crippen LogP contribution in [-0.2, 0) is 21.2 Å². The van der Waals surface area contributed by atoms with Crippen molar-refractivity contribution in [2.75, 3.05) is 12.3 Å². The quantitative estimate of drug-likeness (QED) is 0.788. The summed E-state index contributed by atoms with van der Waals surface area (Å²) in [4.78, 5) is 15.4. The molecule has 0 amide bonds. The molecule has 0 unspecified atom stereocenters. The number of aromatic nitrogens is 1. The van der Waals surface area contributed by atoms with Gasteiger partial charge in [0.15, 0.2) is 0 Å². The maximum absolute atomic E-state index is 12.0. The van der Waals surface area contributed by atoms with Crippen LogP contribution < -0.4 is 4.72 Å². The van der Waals surface area contributed by atoms with E-state index in [4.69, 9.17) is 0 Å². The Kier molecular flexibility index (Phi) is 4.95. The molecule has 1 fully saturated rings. The maximum atomic E-state index is 12.0. The van der Waals surface area contributed by atoms with E-state index in [2.05, 4.69) is 9.71 Å². The van der Waals surface area contributed by atoms with Gasteiger partial charge in [-0.15, -0.1) is 0 Å². The molecular formula is C14H20N2O4S. The Balaban J connectivity index is 1.90. The van der Waals surface area contributed by atoms with Gasteiger partial charge in [-0.05, 0) is 25.0 Å². The van der Waals surface area contributed by atoms with Gasteiger partial charge in [0.25, 0.3) is 0 Å². The summed E-state index contributed by atoms with van der Waals surface area (Å²) in [6.45, 7) is -0.0209. The predicted octanol–water partition coefficient (Wildman–Crippen LogP) is 1.19. The molecule has 0 aromatic carbocycles. The zero-order valence-corrected chi connectivity index (χ0v) is 12.6. The fourth-order valence-electron chi connectivity index (χ4n) is 2.62. The molecular weight excluding hydrogens is 292 g/mol. The number of carboxylic acids is 1. The van der Waals surface area contributed by atoms with Crippen LogP contribution >= 0.6 is 0 Å². The Hall–Kier alpha value is -1.47. The molecule has 7 heteroatoms. The van der Waals surface area contributed by atoms with Crippen molar-refractivity contribution < 1.29 is 18.3 Å². The molecule has 21 heavy (non-hydrogen) atoms. The van der Waals surface area contributed by atoms with E-state index >= 15 is 0 Å². The number of carbonyl (C=O) groups is 1. The number of nitrogens with zero attached hydrogens (tertiary/aromatic N) is 1. The first-order valence-electron chi connectivity index (χ1n) is 7.04. The second-order valence-electron chi connectivity index (χ2n) is 5.50. The van der Waals surface area contributed by atoms with E-state index in [0.29, 0.717) is 25.0 Å². The molecule has 1 aromatic heterocycles. The highest BCUT2D eigenvalue weighted by molar-refractivity contribution is 7.89. The van der Waals surface area contributed by atoms with E-state index in [1.807, 2.05) is 0 Å². The van der Waals surface area contributed by atoms with Crippen LogP contribution in [0, 0.1) is 5.41 Å². The molecule has 1 aromatic rings. The third-order valence-electron chi connectivity index (χ3n) is 4.00. The Morgan fingerprint density at radius 1 is 1.33 bits per heavy atom. The first-order chi connectivity index (χ1) is 9.94. The second kappa shape index (κ2) is 6.53. The SMILES string of the molecule is O=C(O)C1(CNS(=O)(=O)CCc2ccccn2)CCCC1. The molecule has 6 nitrogen and oxygen atoms in total. The van der Waals surface area contributed by atoms with E-state index in [0.717, 1.165) is 12.8 Å². The van der Waals surface area contributed by atoms with Gasteiger partial charge in [0, 0.05) is 24.9 Å². The molecule has 0 spiro atoms. The standard InChI is InChI=1S/C14H20N2O4S/c17-13(18)14(7-2-3-8-14)11-16-21(19,20)10-6-12-5-1-4-9-15-12/h1,4-5,9,16H,2-3,6-8,10-11H2,(H,17,18). The number of aliphatic carboxylic acids is 1. The van der Waals surface area contributed by atoms with Crippen molar-refractivity contribution in [1.29, 1.82) is 0 Å². The summed E-state index contributed by atoms with van der Waals surface area (Å²) in [5, 5.41) is 9.32. The number of nitrogens with one attached hydrogen (secondary N) is 1. The van der Waals surface area contributed by atoms with Crippen LogP contribution in [0.25, 0.3) is 0 Å². The number of hydrogen-bond acceptors (Lipinski definition) is 4. The molecule has 1 heterocycles. The van der Waals surface area contributed by atoms with Crippen molar-refractivity contribution in [3.05, 3.63) is 30.1 Å². The lowest BCUT2D eigenvalue weighted by Crippen LogP contribution is -2.42. The highest BCUT2D eigenvalue weighted by Crippen LogP contribution is 2.37. The highest BCUT2D eigenvalue weighted by Gasteiger charge is 2.41. The van der Waals surface area contributed by atoms with Gasteiger partial charge in [-0.1, -0.05) is 18.9 Å². The van der Waals surface area contributed by atoms with Crippen molar-refractivity contribution in [3.63, 3.8) is 0 Å². The molecule has 1 aliphatic rings. The van der Waals surface area contributed by atoms with Crippen LogP contribution in [0.1, 0.15) is 31.4 Å². The minimum Gasteiger partial charge on any atom is -0.481 e. The Morgan fingerprint density at radius 2 is 2.05 bits per heavy atom. The number of aryl methyl sites for hydroxylation is 1. The maximum Gasteiger partial charge on any atom is 0.310 e. The predicted molar refractivity (Wildman–Crippen MR) is 78.3 cm³/mol. The van der Waals surface area contributed by atoms with Crippen LogP contribution in [0.2, 0.25) is 0 Å². The van der Waals surface area contributed by atoms with Gasteiger partial charge in [0.2, 0.25) is 10.0 Å². The molecule has 0 atom stereocenters. The topological polar surface area (TPSA) is 96.4 Å². The number of carboxylic acid groups (broad SMARTS) is 1. The van der Waals surface area contributed by atoms with E-state index in [1.165, 1.54) is 0 Å². The third-order valence-corrected chi connectivity index (χ3v) is 5.32. The zero-order chi connectivity index (χ0) is 15.3. The summed E-state index contributed by atoms with van der Waals surface area (Å²) < 4.78 is 26.4. The van der Waals surface area contributed by atoms with Crippen LogP contribution in [-0.4, -0.2) is 36.8 Å². The molecule has 0 radical (unpaired) electrons. The van der Waals surface area contributed by atoms with Gasteiger partial charge in [0.1, 0.15) is 0 Å². The lowest BCUT2D eigenvalue weighted by atomic mass is 9.87. The molecule has 116 valence electrons. The Bertz CT molecular complexity index is 580. The summed E-state index contributed by atoms with van der Waals surface area (Å²) in [6, 6.07) is 5.35. The minimum absolute atomic E-state index is 0.0209. The number of pyridine rings is 1. The van der Waals surface area contributed by atoms with Crippen molar-refractivity contribution in [3.8, 4) is 0 Å². The summed E-state index contributed by atoms with van der Waals surface area (Å²) in [6.07, 6.45) is 4.67. The second-order valence-corrected chi connectivity index (χ2v) is 7.43. The monoisotopic (exact) mass is 312 g/mol. The molecule has 0 bridgehead atoms. The smallest absolute Gasteiger partial charge is 0.310 e. The summed E-state index contributed by atoms with van der Waals surface area (Å²) in [7, 11) is -3.49. The first kappa shape index (κ1) is 15.9. The lowest BCUT2D eigenvalue weighted by Gasteiger charge is -2.23. The molecule has 0 aliphatic heterocycles. The van der Waals surface area contributed by atoms with E-state index in [1.54, 1.807) is 24.4 Å². The van der Waals surface area contributed by atoms with Crippen LogP contribution in [0.5, 0.6) is 0 Å². The fraction of sp³-hybridized carbons (Fsp3) is 0.571. The largest absolute Gasteiger partial charge is 0.481 e. The fourth-order valence-corrected chi connectivity index (χ4v) is 3.74. The number of rotatable bonds is 7. The van der Waals surface area contributed by atoms with Gasteiger partial charge >= 0.3 is 5.97 Å². The Labute approximate surface area is 124 Å². The average molecular weight is 312 g/mol. The van der Waals surface area contributed by atoms with Crippen molar-refractivity contribution >= 4 is 16.0 Å². The molecule has 2 N–H and O–H groups in total. The first-order valence-corrected chi connectivity index (χ1v) is 8.69. The molecule has 1 saturated carbocycles. The van der Waals surface area contributed by atoms with Gasteiger partial charge in [-0.3, -0.25) is 9.78 Å². The summed E-state index contributed by atoms with van der Waals surface area (Å²) >= 11 is 0. The van der Waals surface area contributed by atoms with E-state index < -0.39 is 21.4 Å². The molecule has 1 aliphatic carbocycles. The van der Waals surface area contributed by atoms with Crippen molar-refractivity contribution in [1.82, 2.24) is 9.71 Å². The molecule has 2 rings (SSSR count). The third kappa shape index (κ3) is 4.25. The van der Waals surface area contributed by atoms with Crippen LogP contribution in [0.4, 0.5) is 0 Å². The van der Waals surface area contributed by atoms with Crippen LogP contribution in [0.15, 0.2) is 24.4 Å². The van der Waals surface area contributed by atoms with Crippen LogP contribution in [0.3, 0.4) is 0 Å². The van der Waals surface area contributed by atoms with Gasteiger partial charge < -0.3 is 5.11 Å². The summed E-state index contributed by atoms with van der Waals surface area (Å²) in [5.41, 5.74) is -0.227. The van der Waals surface area contributed by atoms with E-state index in [-0.39, 0.29) is 12.3 Å². The zero-order valence-electron chi connectivity index (χ0n) is 11.8. The lowest BCUT2D eigenvalue weighted by molar-refractivity contribution is -0.148. The molecule has 0 saturated heterocycles. The normalized spacial score (nSPS) is 17.7.